The number of dihydropyridines is 1. The van der Waals surface area contributed by atoms with Crippen LogP contribution in [0.2, 0.25) is 0 Å². The maximum atomic E-state index is 13.3. The summed E-state index contributed by atoms with van der Waals surface area (Å²) in [5.41, 5.74) is 4.02. The summed E-state index contributed by atoms with van der Waals surface area (Å²) in [5.74, 6) is -0.114. The molecule has 4 rings (SSSR count). The van der Waals surface area contributed by atoms with E-state index in [2.05, 4.69) is 16.8 Å². The molecule has 0 radical (unpaired) electrons. The SMILES string of the molecule is CC1=C(C(=O)OCC(C)C)[C@@H](c2ccsc2)C2=C(C[C@@H](c3cccs3)CC2=O)N1. The summed E-state index contributed by atoms with van der Waals surface area (Å²) in [4.78, 5) is 27.6. The average Bonchev–Trinajstić information content (AvgIpc) is 3.38. The minimum atomic E-state index is -0.353. The normalized spacial score (nSPS) is 22.0. The Bertz CT molecular complexity index is 968. The molecule has 0 amide bonds. The van der Waals surface area contributed by atoms with Crippen LogP contribution in [0.15, 0.2) is 56.9 Å². The summed E-state index contributed by atoms with van der Waals surface area (Å²) in [6.07, 6.45) is 1.27. The monoisotopic (exact) mass is 427 g/mol. The maximum Gasteiger partial charge on any atom is 0.336 e. The van der Waals surface area contributed by atoms with E-state index in [1.165, 1.54) is 4.88 Å². The van der Waals surface area contributed by atoms with Crippen molar-refractivity contribution in [2.75, 3.05) is 6.61 Å². The second kappa shape index (κ2) is 8.28. The zero-order chi connectivity index (χ0) is 20.5. The van der Waals surface area contributed by atoms with Gasteiger partial charge in [-0.15, -0.1) is 11.3 Å². The highest BCUT2D eigenvalue weighted by Gasteiger charge is 2.41. The van der Waals surface area contributed by atoms with Crippen LogP contribution in [0, 0.1) is 5.92 Å². The highest BCUT2D eigenvalue weighted by Crippen LogP contribution is 2.46. The molecular formula is C23H25NO3S2. The number of ether oxygens (including phenoxy) is 1. The molecule has 0 fully saturated rings. The third kappa shape index (κ3) is 3.96. The van der Waals surface area contributed by atoms with Crippen molar-refractivity contribution in [1.82, 2.24) is 5.32 Å². The highest BCUT2D eigenvalue weighted by molar-refractivity contribution is 7.10. The molecule has 0 aromatic carbocycles. The van der Waals surface area contributed by atoms with Crippen LogP contribution < -0.4 is 5.32 Å². The number of thiophene rings is 2. The fourth-order valence-electron chi connectivity index (χ4n) is 4.13. The molecule has 0 bridgehead atoms. The van der Waals surface area contributed by atoms with Crippen molar-refractivity contribution >= 4 is 34.4 Å². The Labute approximate surface area is 179 Å². The number of allylic oxidation sites excluding steroid dienone is 3. The molecule has 2 aliphatic rings. The lowest BCUT2D eigenvalue weighted by atomic mass is 9.73. The maximum absolute atomic E-state index is 13.3. The van der Waals surface area contributed by atoms with Gasteiger partial charge in [0.2, 0.25) is 0 Å². The number of carbonyl (C=O) groups excluding carboxylic acids is 2. The van der Waals surface area contributed by atoms with Gasteiger partial charge in [0.1, 0.15) is 0 Å². The topological polar surface area (TPSA) is 55.4 Å². The fourth-order valence-corrected chi connectivity index (χ4v) is 5.64. The van der Waals surface area contributed by atoms with E-state index in [9.17, 15) is 9.59 Å². The third-order valence-electron chi connectivity index (χ3n) is 5.42. The van der Waals surface area contributed by atoms with E-state index in [0.717, 1.165) is 29.0 Å². The van der Waals surface area contributed by atoms with E-state index < -0.39 is 0 Å². The van der Waals surface area contributed by atoms with Crippen LogP contribution in [0.3, 0.4) is 0 Å². The molecule has 0 unspecified atom stereocenters. The van der Waals surface area contributed by atoms with Gasteiger partial charge in [0.15, 0.2) is 5.78 Å². The summed E-state index contributed by atoms with van der Waals surface area (Å²) in [6.45, 7) is 6.31. The molecule has 0 spiro atoms. The lowest BCUT2D eigenvalue weighted by Gasteiger charge is -2.36. The zero-order valence-electron chi connectivity index (χ0n) is 16.9. The molecule has 0 saturated carbocycles. The van der Waals surface area contributed by atoms with Crippen molar-refractivity contribution in [3.05, 3.63) is 67.3 Å². The van der Waals surface area contributed by atoms with Crippen molar-refractivity contribution in [3.63, 3.8) is 0 Å². The average molecular weight is 428 g/mol. The van der Waals surface area contributed by atoms with Crippen LogP contribution in [-0.2, 0) is 14.3 Å². The number of carbonyl (C=O) groups is 2. The van der Waals surface area contributed by atoms with Gasteiger partial charge in [0, 0.05) is 40.1 Å². The van der Waals surface area contributed by atoms with E-state index in [0.29, 0.717) is 18.6 Å². The number of esters is 1. The van der Waals surface area contributed by atoms with Gasteiger partial charge < -0.3 is 10.1 Å². The Morgan fingerprint density at radius 2 is 2.10 bits per heavy atom. The lowest BCUT2D eigenvalue weighted by molar-refractivity contribution is -0.140. The molecule has 4 nitrogen and oxygen atoms in total. The fraction of sp³-hybridized carbons (Fsp3) is 0.391. The molecular weight excluding hydrogens is 402 g/mol. The molecule has 0 saturated heterocycles. The van der Waals surface area contributed by atoms with Crippen molar-refractivity contribution in [2.45, 2.75) is 45.4 Å². The number of nitrogens with one attached hydrogen (secondary N) is 1. The van der Waals surface area contributed by atoms with Crippen molar-refractivity contribution in [2.24, 2.45) is 5.92 Å². The van der Waals surface area contributed by atoms with Gasteiger partial charge in [0.05, 0.1) is 12.2 Å². The quantitative estimate of drug-likeness (QED) is 0.652. The number of hydrogen-bond acceptors (Lipinski definition) is 6. The van der Waals surface area contributed by atoms with Crippen molar-refractivity contribution in [1.29, 1.82) is 0 Å². The highest BCUT2D eigenvalue weighted by atomic mass is 32.1. The Morgan fingerprint density at radius 1 is 1.28 bits per heavy atom. The first-order valence-corrected chi connectivity index (χ1v) is 11.7. The molecule has 2 atom stereocenters. The molecule has 29 heavy (non-hydrogen) atoms. The van der Waals surface area contributed by atoms with Crippen LogP contribution in [-0.4, -0.2) is 18.4 Å². The first-order chi connectivity index (χ1) is 14.0. The second-order valence-corrected chi connectivity index (χ2v) is 9.84. The van der Waals surface area contributed by atoms with Gasteiger partial charge >= 0.3 is 5.97 Å². The van der Waals surface area contributed by atoms with Crippen LogP contribution in [0.5, 0.6) is 0 Å². The first-order valence-electron chi connectivity index (χ1n) is 9.92. The summed E-state index contributed by atoms with van der Waals surface area (Å²) >= 11 is 3.28. The molecule has 152 valence electrons. The van der Waals surface area contributed by atoms with Crippen LogP contribution in [0.25, 0.3) is 0 Å². The zero-order valence-corrected chi connectivity index (χ0v) is 18.5. The Balaban J connectivity index is 1.72. The largest absolute Gasteiger partial charge is 0.462 e. The second-order valence-electron chi connectivity index (χ2n) is 8.08. The smallest absolute Gasteiger partial charge is 0.336 e. The van der Waals surface area contributed by atoms with Crippen LogP contribution in [0.4, 0.5) is 0 Å². The number of ketones is 1. The number of hydrogen-bond donors (Lipinski definition) is 1. The van der Waals surface area contributed by atoms with Crippen LogP contribution >= 0.6 is 22.7 Å². The van der Waals surface area contributed by atoms with Gasteiger partial charge in [-0.05, 0) is 53.1 Å². The van der Waals surface area contributed by atoms with Gasteiger partial charge in [-0.25, -0.2) is 4.79 Å². The van der Waals surface area contributed by atoms with Gasteiger partial charge in [-0.3, -0.25) is 4.79 Å². The molecule has 3 heterocycles. The minimum absolute atomic E-state index is 0.120. The summed E-state index contributed by atoms with van der Waals surface area (Å²) in [5, 5.41) is 9.47. The molecule has 1 aliphatic carbocycles. The predicted octanol–water partition coefficient (Wildman–Crippen LogP) is 5.37. The van der Waals surface area contributed by atoms with E-state index in [-0.39, 0.29) is 29.5 Å². The van der Waals surface area contributed by atoms with Gasteiger partial charge in [0.25, 0.3) is 0 Å². The standard InChI is InChI=1S/C23H25NO3S2/c1-13(2)11-27-23(26)20-14(3)24-17-9-16(19-5-4-7-29-19)10-18(25)22(17)21(20)15-6-8-28-12-15/h4-8,12-13,16,21,24H,9-11H2,1-3H3/t16-,21-/m1/s1. The summed E-state index contributed by atoms with van der Waals surface area (Å²) in [6, 6.07) is 6.14. The van der Waals surface area contributed by atoms with Crippen LogP contribution in [0.1, 0.15) is 55.9 Å². The molecule has 1 N–H and O–H groups in total. The van der Waals surface area contributed by atoms with E-state index in [1.54, 1.807) is 22.7 Å². The molecule has 6 heteroatoms. The van der Waals surface area contributed by atoms with E-state index >= 15 is 0 Å². The molecule has 2 aromatic rings. The van der Waals surface area contributed by atoms with Crippen molar-refractivity contribution < 1.29 is 14.3 Å². The third-order valence-corrected chi connectivity index (χ3v) is 7.15. The van der Waals surface area contributed by atoms with Crippen molar-refractivity contribution in [3.8, 4) is 0 Å². The number of Topliss-reactive ketones (excluding diaryl/α,β-unsaturated/α-hetero) is 1. The van der Waals surface area contributed by atoms with Gasteiger partial charge in [-0.2, -0.15) is 11.3 Å². The van der Waals surface area contributed by atoms with E-state index in [4.69, 9.17) is 4.74 Å². The predicted molar refractivity (Wildman–Crippen MR) is 117 cm³/mol. The van der Waals surface area contributed by atoms with Gasteiger partial charge in [-0.1, -0.05) is 19.9 Å². The lowest BCUT2D eigenvalue weighted by Crippen LogP contribution is -2.36. The Hall–Kier alpha value is -2.18. The summed E-state index contributed by atoms with van der Waals surface area (Å²) < 4.78 is 5.57. The summed E-state index contributed by atoms with van der Waals surface area (Å²) in [7, 11) is 0. The molecule has 2 aromatic heterocycles. The Kier molecular flexibility index (Phi) is 5.74. The first kappa shape index (κ1) is 20.1. The number of rotatable bonds is 5. The Morgan fingerprint density at radius 3 is 2.76 bits per heavy atom. The molecule has 1 aliphatic heterocycles. The van der Waals surface area contributed by atoms with E-state index in [1.807, 2.05) is 43.7 Å². The minimum Gasteiger partial charge on any atom is -0.462 e.